The van der Waals surface area contributed by atoms with E-state index in [1.54, 1.807) is 0 Å². The third-order valence-electron chi connectivity index (χ3n) is 2.03. The lowest BCUT2D eigenvalue weighted by Crippen LogP contribution is -2.18. The second kappa shape index (κ2) is 3.33. The Morgan fingerprint density at radius 1 is 1.19 bits per heavy atom. The molecule has 0 unspecified atom stereocenters. The number of rotatable bonds is 0. The molecule has 2 aromatic rings. The van der Waals surface area contributed by atoms with Crippen LogP contribution in [0.4, 0.5) is 17.6 Å². The highest BCUT2D eigenvalue weighted by molar-refractivity contribution is 5.77. The Bertz CT molecular complexity index is 598. The predicted molar refractivity (Wildman–Crippen MR) is 47.4 cm³/mol. The van der Waals surface area contributed by atoms with Gasteiger partial charge in [0.1, 0.15) is 17.0 Å². The van der Waals surface area contributed by atoms with Crippen molar-refractivity contribution in [1.29, 1.82) is 0 Å². The third-order valence-corrected chi connectivity index (χ3v) is 2.03. The van der Waals surface area contributed by atoms with Crippen LogP contribution in [-0.4, -0.2) is 0 Å². The van der Waals surface area contributed by atoms with E-state index in [1.165, 1.54) is 12.1 Å². The summed E-state index contributed by atoms with van der Waals surface area (Å²) in [4.78, 5) is 11.0. The lowest BCUT2D eigenvalue weighted by atomic mass is 10.2. The molecule has 0 bridgehead atoms. The summed E-state index contributed by atoms with van der Waals surface area (Å²) in [7, 11) is 0. The molecule has 84 valence electrons. The summed E-state index contributed by atoms with van der Waals surface area (Å²) < 4.78 is 54.5. The van der Waals surface area contributed by atoms with Crippen LogP contribution in [-0.2, 0) is 6.18 Å². The zero-order chi connectivity index (χ0) is 11.9. The minimum atomic E-state index is -4.85. The number of benzene rings is 1. The average molecular weight is 232 g/mol. The molecule has 0 amide bonds. The van der Waals surface area contributed by atoms with Crippen molar-refractivity contribution < 1.29 is 22.0 Å². The first-order valence-corrected chi connectivity index (χ1v) is 4.19. The molecular weight excluding hydrogens is 228 g/mol. The summed E-state index contributed by atoms with van der Waals surface area (Å²) in [6.07, 6.45) is -4.85. The van der Waals surface area contributed by atoms with Crippen LogP contribution < -0.4 is 5.63 Å². The van der Waals surface area contributed by atoms with Crippen molar-refractivity contribution in [3.8, 4) is 0 Å². The number of fused-ring (bicyclic) bond motifs is 1. The van der Waals surface area contributed by atoms with E-state index in [0.717, 1.165) is 6.07 Å². The first-order valence-electron chi connectivity index (χ1n) is 4.19. The van der Waals surface area contributed by atoms with E-state index in [9.17, 15) is 22.4 Å². The maximum absolute atomic E-state index is 13.2. The molecule has 0 N–H and O–H groups in total. The summed E-state index contributed by atoms with van der Waals surface area (Å²) in [6.45, 7) is 0. The monoisotopic (exact) mass is 232 g/mol. The second-order valence-electron chi connectivity index (χ2n) is 3.10. The topological polar surface area (TPSA) is 30.2 Å². The van der Waals surface area contributed by atoms with Crippen molar-refractivity contribution in [3.63, 3.8) is 0 Å². The number of hydrogen-bond donors (Lipinski definition) is 0. The molecule has 0 atom stereocenters. The van der Waals surface area contributed by atoms with Crippen LogP contribution in [0, 0.1) is 5.82 Å². The van der Waals surface area contributed by atoms with Gasteiger partial charge in [0.2, 0.25) is 0 Å². The Balaban J connectivity index is 2.85. The van der Waals surface area contributed by atoms with Gasteiger partial charge < -0.3 is 4.42 Å². The van der Waals surface area contributed by atoms with Gasteiger partial charge in [-0.2, -0.15) is 13.2 Å². The molecule has 0 saturated heterocycles. The van der Waals surface area contributed by atoms with E-state index >= 15 is 0 Å². The van der Waals surface area contributed by atoms with E-state index in [-0.39, 0.29) is 11.0 Å². The molecule has 0 aliphatic carbocycles. The van der Waals surface area contributed by atoms with Gasteiger partial charge in [-0.15, -0.1) is 0 Å². The van der Waals surface area contributed by atoms with Gasteiger partial charge in [0, 0.05) is 0 Å². The molecule has 1 heterocycles. The molecule has 1 aromatic heterocycles. The fourth-order valence-corrected chi connectivity index (χ4v) is 1.30. The molecule has 0 radical (unpaired) electrons. The van der Waals surface area contributed by atoms with Crippen LogP contribution in [0.25, 0.3) is 11.0 Å². The van der Waals surface area contributed by atoms with E-state index < -0.39 is 23.2 Å². The van der Waals surface area contributed by atoms with Crippen molar-refractivity contribution in [2.75, 3.05) is 0 Å². The molecule has 0 fully saturated rings. The zero-order valence-corrected chi connectivity index (χ0v) is 7.64. The SMILES string of the molecule is O=c1oc2cccc(F)c2cc1C(F)(F)F. The van der Waals surface area contributed by atoms with Crippen molar-refractivity contribution in [2.45, 2.75) is 6.18 Å². The lowest BCUT2D eigenvalue weighted by Gasteiger charge is -2.05. The molecule has 0 saturated carbocycles. The van der Waals surface area contributed by atoms with E-state index in [2.05, 4.69) is 4.42 Å². The quantitative estimate of drug-likeness (QED) is 0.516. The number of hydrogen-bond acceptors (Lipinski definition) is 2. The lowest BCUT2D eigenvalue weighted by molar-refractivity contribution is -0.139. The minimum absolute atomic E-state index is 0.210. The minimum Gasteiger partial charge on any atom is -0.422 e. The molecule has 2 nitrogen and oxygen atoms in total. The van der Waals surface area contributed by atoms with E-state index in [1.807, 2.05) is 0 Å². The van der Waals surface area contributed by atoms with E-state index in [4.69, 9.17) is 0 Å². The number of halogens is 4. The van der Waals surface area contributed by atoms with Crippen molar-refractivity contribution in [2.24, 2.45) is 0 Å². The van der Waals surface area contributed by atoms with Crippen molar-refractivity contribution in [1.82, 2.24) is 0 Å². The predicted octanol–water partition coefficient (Wildman–Crippen LogP) is 2.95. The fraction of sp³-hybridized carbons (Fsp3) is 0.100. The maximum Gasteiger partial charge on any atom is 0.423 e. The van der Waals surface area contributed by atoms with Crippen LogP contribution in [0.2, 0.25) is 0 Å². The van der Waals surface area contributed by atoms with Gasteiger partial charge in [-0.25, -0.2) is 9.18 Å². The first-order chi connectivity index (χ1) is 7.39. The highest BCUT2D eigenvalue weighted by Gasteiger charge is 2.35. The Morgan fingerprint density at radius 2 is 1.88 bits per heavy atom. The van der Waals surface area contributed by atoms with Crippen LogP contribution in [0.1, 0.15) is 5.56 Å². The van der Waals surface area contributed by atoms with Gasteiger partial charge in [0.05, 0.1) is 5.39 Å². The Morgan fingerprint density at radius 3 is 2.50 bits per heavy atom. The summed E-state index contributed by atoms with van der Waals surface area (Å²) in [5.41, 5.74) is -3.24. The van der Waals surface area contributed by atoms with Crippen molar-refractivity contribution in [3.05, 3.63) is 46.1 Å². The largest absolute Gasteiger partial charge is 0.423 e. The molecule has 6 heteroatoms. The Kier molecular flexibility index (Phi) is 2.22. The molecule has 0 aliphatic rings. The van der Waals surface area contributed by atoms with Crippen molar-refractivity contribution >= 4 is 11.0 Å². The fourth-order valence-electron chi connectivity index (χ4n) is 1.30. The molecule has 0 aliphatic heterocycles. The third kappa shape index (κ3) is 1.66. The number of alkyl halides is 3. The summed E-state index contributed by atoms with van der Waals surface area (Å²) >= 11 is 0. The van der Waals surface area contributed by atoms with Crippen LogP contribution in [0.5, 0.6) is 0 Å². The van der Waals surface area contributed by atoms with Gasteiger partial charge in [-0.05, 0) is 18.2 Å². The van der Waals surface area contributed by atoms with Crippen LogP contribution in [0.3, 0.4) is 0 Å². The average Bonchev–Trinajstić information content (AvgIpc) is 2.15. The van der Waals surface area contributed by atoms with Gasteiger partial charge >= 0.3 is 11.8 Å². The highest BCUT2D eigenvalue weighted by Crippen LogP contribution is 2.29. The zero-order valence-electron chi connectivity index (χ0n) is 7.64. The van der Waals surface area contributed by atoms with Gasteiger partial charge in [0.15, 0.2) is 0 Å². The van der Waals surface area contributed by atoms with Crippen LogP contribution in [0.15, 0.2) is 33.5 Å². The van der Waals surface area contributed by atoms with Crippen LogP contribution >= 0.6 is 0 Å². The Labute approximate surface area is 86.1 Å². The van der Waals surface area contributed by atoms with E-state index in [0.29, 0.717) is 6.07 Å². The smallest absolute Gasteiger partial charge is 0.422 e. The van der Waals surface area contributed by atoms with Gasteiger partial charge in [-0.3, -0.25) is 0 Å². The molecule has 2 rings (SSSR count). The standard InChI is InChI=1S/C10H4F4O2/c11-7-2-1-3-8-5(7)4-6(9(15)16-8)10(12,13)14/h1-4H. The summed E-state index contributed by atoms with van der Waals surface area (Å²) in [5, 5.41) is -0.366. The normalized spacial score (nSPS) is 12.0. The molecule has 0 spiro atoms. The molecule has 16 heavy (non-hydrogen) atoms. The molecule has 1 aromatic carbocycles. The maximum atomic E-state index is 13.2. The summed E-state index contributed by atoms with van der Waals surface area (Å²) in [5.74, 6) is -0.869. The highest BCUT2D eigenvalue weighted by atomic mass is 19.4. The Hall–Kier alpha value is -1.85. The van der Waals surface area contributed by atoms with Gasteiger partial charge in [0.25, 0.3) is 0 Å². The second-order valence-corrected chi connectivity index (χ2v) is 3.10. The molecular formula is C10H4F4O2. The van der Waals surface area contributed by atoms with Gasteiger partial charge in [-0.1, -0.05) is 6.07 Å². The first kappa shape index (κ1) is 10.7. The summed E-state index contributed by atoms with van der Waals surface area (Å²) in [6, 6.07) is 3.91.